The molecule has 1 N–H and O–H groups in total. The van der Waals surface area contributed by atoms with Gasteiger partial charge in [0.05, 0.1) is 6.10 Å². The fourth-order valence-corrected chi connectivity index (χ4v) is 3.96. The summed E-state index contributed by atoms with van der Waals surface area (Å²) in [5.41, 5.74) is 0.766. The van der Waals surface area contributed by atoms with E-state index < -0.39 is 0 Å². The molecule has 0 aromatic carbocycles. The van der Waals surface area contributed by atoms with E-state index >= 15 is 0 Å². The second kappa shape index (κ2) is 5.89. The van der Waals surface area contributed by atoms with Crippen LogP contribution in [0.3, 0.4) is 0 Å². The van der Waals surface area contributed by atoms with E-state index in [1.54, 1.807) is 10.9 Å². The van der Waals surface area contributed by atoms with E-state index in [0.717, 1.165) is 56.1 Å². The molecule has 2 fully saturated rings. The van der Waals surface area contributed by atoms with Gasteiger partial charge in [-0.3, -0.25) is 4.90 Å². The minimum absolute atomic E-state index is 0.135. The molecule has 1 aliphatic heterocycles. The summed E-state index contributed by atoms with van der Waals surface area (Å²) < 4.78 is 3.60. The van der Waals surface area contributed by atoms with Crippen molar-refractivity contribution in [2.45, 2.75) is 43.7 Å². The molecule has 0 radical (unpaired) electrons. The Morgan fingerprint density at radius 3 is 2.60 bits per heavy atom. The zero-order valence-electron chi connectivity index (χ0n) is 13.9. The third-order valence-electron chi connectivity index (χ3n) is 5.58. The molecular formula is C17H21N7O. The fraction of sp³-hybridized carbons (Fsp3) is 0.529. The molecule has 0 amide bonds. The van der Waals surface area contributed by atoms with Crippen LogP contribution in [0.2, 0.25) is 0 Å². The van der Waals surface area contributed by atoms with Crippen molar-refractivity contribution in [2.75, 3.05) is 13.1 Å². The maximum atomic E-state index is 9.89. The third kappa shape index (κ3) is 2.52. The van der Waals surface area contributed by atoms with Crippen LogP contribution in [-0.2, 0) is 0 Å². The van der Waals surface area contributed by atoms with Crippen LogP contribution in [0.5, 0.6) is 0 Å². The average molecular weight is 339 g/mol. The van der Waals surface area contributed by atoms with Gasteiger partial charge in [0.15, 0.2) is 17.3 Å². The number of rotatable bonds is 3. The topological polar surface area (TPSA) is 84.4 Å². The molecule has 1 aliphatic carbocycles. The van der Waals surface area contributed by atoms with Gasteiger partial charge in [0, 0.05) is 24.4 Å². The number of aliphatic hydroxyl groups is 1. The monoisotopic (exact) mass is 339 g/mol. The lowest BCUT2D eigenvalue weighted by atomic mass is 9.85. The first kappa shape index (κ1) is 15.0. The Kier molecular flexibility index (Phi) is 3.53. The molecule has 130 valence electrons. The van der Waals surface area contributed by atoms with Crippen LogP contribution in [0.25, 0.3) is 11.5 Å². The molecule has 2 atom stereocenters. The Morgan fingerprint density at radius 1 is 1.04 bits per heavy atom. The van der Waals surface area contributed by atoms with Gasteiger partial charge >= 0.3 is 0 Å². The zero-order valence-corrected chi connectivity index (χ0v) is 13.9. The summed E-state index contributed by atoms with van der Waals surface area (Å²) in [5, 5.41) is 27.5. The molecule has 0 spiro atoms. The van der Waals surface area contributed by atoms with Crippen molar-refractivity contribution in [1.82, 2.24) is 34.5 Å². The van der Waals surface area contributed by atoms with Gasteiger partial charge in [-0.2, -0.15) is 9.61 Å². The SMILES string of the molecule is OC1CCC1N1CCC(c2nnc3ccc(-n4cccn4)nn23)CC1. The predicted molar refractivity (Wildman–Crippen MR) is 90.5 cm³/mol. The van der Waals surface area contributed by atoms with Crippen LogP contribution in [-0.4, -0.2) is 64.8 Å². The van der Waals surface area contributed by atoms with E-state index in [1.807, 2.05) is 28.9 Å². The molecule has 3 aromatic heterocycles. The normalized spacial score (nSPS) is 25.3. The standard InChI is InChI=1S/C17H21N7O/c25-14-3-2-13(14)22-10-6-12(7-11-22)17-20-19-15-4-5-16(21-24(15)17)23-9-1-8-18-23/h1,4-5,8-9,12-14,25H,2-3,6-7,10-11H2. The molecule has 2 unspecified atom stereocenters. The molecule has 8 heteroatoms. The van der Waals surface area contributed by atoms with E-state index in [4.69, 9.17) is 0 Å². The highest BCUT2D eigenvalue weighted by atomic mass is 16.3. The van der Waals surface area contributed by atoms with Crippen molar-refractivity contribution in [3.8, 4) is 5.82 Å². The van der Waals surface area contributed by atoms with Crippen molar-refractivity contribution in [1.29, 1.82) is 0 Å². The maximum absolute atomic E-state index is 9.89. The van der Waals surface area contributed by atoms with Crippen molar-refractivity contribution < 1.29 is 5.11 Å². The molecular weight excluding hydrogens is 318 g/mol. The van der Waals surface area contributed by atoms with Crippen LogP contribution in [0.4, 0.5) is 0 Å². The maximum Gasteiger partial charge on any atom is 0.178 e. The molecule has 5 rings (SSSR count). The van der Waals surface area contributed by atoms with E-state index in [9.17, 15) is 5.11 Å². The smallest absolute Gasteiger partial charge is 0.178 e. The molecule has 1 saturated carbocycles. The van der Waals surface area contributed by atoms with Gasteiger partial charge in [0.2, 0.25) is 0 Å². The first-order valence-electron chi connectivity index (χ1n) is 8.94. The molecule has 0 bridgehead atoms. The van der Waals surface area contributed by atoms with E-state index in [1.165, 1.54) is 0 Å². The number of aromatic nitrogens is 6. The van der Waals surface area contributed by atoms with Gasteiger partial charge in [0.1, 0.15) is 0 Å². The minimum Gasteiger partial charge on any atom is -0.391 e. The highest BCUT2D eigenvalue weighted by molar-refractivity contribution is 5.39. The molecule has 3 aromatic rings. The molecule has 25 heavy (non-hydrogen) atoms. The quantitative estimate of drug-likeness (QED) is 0.767. The van der Waals surface area contributed by atoms with Gasteiger partial charge in [-0.1, -0.05) is 0 Å². The number of hydrogen-bond donors (Lipinski definition) is 1. The number of nitrogens with zero attached hydrogens (tertiary/aromatic N) is 7. The van der Waals surface area contributed by atoms with Crippen molar-refractivity contribution in [3.05, 3.63) is 36.4 Å². The number of likely N-dealkylation sites (tertiary alicyclic amines) is 1. The summed E-state index contributed by atoms with van der Waals surface area (Å²) in [4.78, 5) is 2.43. The van der Waals surface area contributed by atoms with Gasteiger partial charge in [-0.15, -0.1) is 15.3 Å². The Morgan fingerprint density at radius 2 is 1.92 bits per heavy atom. The highest BCUT2D eigenvalue weighted by Crippen LogP contribution is 2.32. The summed E-state index contributed by atoms with van der Waals surface area (Å²) in [6.45, 7) is 2.00. The number of hydrogen-bond acceptors (Lipinski definition) is 6. The van der Waals surface area contributed by atoms with E-state index in [2.05, 4.69) is 25.3 Å². The van der Waals surface area contributed by atoms with Crippen molar-refractivity contribution >= 4 is 5.65 Å². The molecule has 4 heterocycles. The van der Waals surface area contributed by atoms with Gasteiger partial charge in [-0.25, -0.2) is 4.68 Å². The number of fused-ring (bicyclic) bond motifs is 1. The second-order valence-corrected chi connectivity index (χ2v) is 6.99. The van der Waals surface area contributed by atoms with Gasteiger partial charge in [0.25, 0.3) is 0 Å². The highest BCUT2D eigenvalue weighted by Gasteiger charge is 2.36. The summed E-state index contributed by atoms with van der Waals surface area (Å²) in [6, 6.07) is 6.08. The average Bonchev–Trinajstić information content (AvgIpc) is 3.30. The van der Waals surface area contributed by atoms with Gasteiger partial charge < -0.3 is 5.11 Å². The second-order valence-electron chi connectivity index (χ2n) is 6.99. The lowest BCUT2D eigenvalue weighted by Gasteiger charge is -2.44. The summed E-state index contributed by atoms with van der Waals surface area (Å²) >= 11 is 0. The van der Waals surface area contributed by atoms with Crippen LogP contribution in [0, 0.1) is 0 Å². The predicted octanol–water partition coefficient (Wildman–Crippen LogP) is 1.01. The summed E-state index contributed by atoms with van der Waals surface area (Å²) in [5.74, 6) is 2.04. The van der Waals surface area contributed by atoms with Crippen LogP contribution in [0.1, 0.15) is 37.4 Å². The van der Waals surface area contributed by atoms with E-state index in [0.29, 0.717) is 12.0 Å². The lowest BCUT2D eigenvalue weighted by Crippen LogP contribution is -2.52. The van der Waals surface area contributed by atoms with E-state index in [-0.39, 0.29) is 6.10 Å². The van der Waals surface area contributed by atoms with Crippen LogP contribution < -0.4 is 0 Å². The molecule has 1 saturated heterocycles. The zero-order chi connectivity index (χ0) is 16.8. The molecule has 2 aliphatic rings. The lowest BCUT2D eigenvalue weighted by molar-refractivity contribution is -0.0304. The largest absolute Gasteiger partial charge is 0.391 e. The third-order valence-corrected chi connectivity index (χ3v) is 5.58. The number of aliphatic hydroxyl groups excluding tert-OH is 1. The first-order valence-corrected chi connectivity index (χ1v) is 8.94. The first-order chi connectivity index (χ1) is 12.3. The van der Waals surface area contributed by atoms with Gasteiger partial charge in [-0.05, 0) is 57.0 Å². The van der Waals surface area contributed by atoms with Crippen LogP contribution >= 0.6 is 0 Å². The Balaban J connectivity index is 1.39. The van der Waals surface area contributed by atoms with Crippen LogP contribution in [0.15, 0.2) is 30.6 Å². The van der Waals surface area contributed by atoms with Crippen molar-refractivity contribution in [3.63, 3.8) is 0 Å². The fourth-order valence-electron chi connectivity index (χ4n) is 3.96. The Hall–Kier alpha value is -2.32. The number of piperidine rings is 1. The molecule has 8 nitrogen and oxygen atoms in total. The Labute approximate surface area is 145 Å². The Bertz CT molecular complexity index is 866. The minimum atomic E-state index is -0.135. The summed E-state index contributed by atoms with van der Waals surface area (Å²) in [7, 11) is 0. The summed E-state index contributed by atoms with van der Waals surface area (Å²) in [6.07, 6.45) is 7.59. The van der Waals surface area contributed by atoms with Crippen molar-refractivity contribution in [2.24, 2.45) is 0 Å².